The van der Waals surface area contributed by atoms with E-state index in [0.29, 0.717) is 5.56 Å². The Bertz CT molecular complexity index is 1070. The molecule has 0 aromatic heterocycles. The van der Waals surface area contributed by atoms with E-state index in [2.05, 4.69) is 31.0 Å². The third-order valence-corrected chi connectivity index (χ3v) is 6.07. The van der Waals surface area contributed by atoms with Gasteiger partial charge in [-0.1, -0.05) is 40.2 Å². The number of esters is 1. The van der Waals surface area contributed by atoms with E-state index < -0.39 is 35.1 Å². The average Bonchev–Trinajstić information content (AvgIpc) is 2.96. The molecule has 0 bridgehead atoms. The number of amidine groups is 1. The minimum Gasteiger partial charge on any atom is -0.454 e. The minimum absolute atomic E-state index is 0.0749. The highest BCUT2D eigenvalue weighted by molar-refractivity contribution is 9.10. The van der Waals surface area contributed by atoms with Crippen LogP contribution in [0.4, 0.5) is 0 Å². The van der Waals surface area contributed by atoms with Gasteiger partial charge in [0.1, 0.15) is 12.4 Å². The topological polar surface area (TPSA) is 114 Å². The van der Waals surface area contributed by atoms with Gasteiger partial charge in [-0.05, 0) is 36.8 Å². The second-order valence-electron chi connectivity index (χ2n) is 6.27. The van der Waals surface area contributed by atoms with Crippen molar-refractivity contribution in [3.05, 3.63) is 64.1 Å². The SMILES string of the molecule is CC(NC(=O)COC(=O)CN=C1NS(=O)(=O)c2ccccc21)c1ccc(Br)cc1. The van der Waals surface area contributed by atoms with Gasteiger partial charge in [-0.25, -0.2) is 8.42 Å². The van der Waals surface area contributed by atoms with Crippen LogP contribution in [-0.2, 0) is 24.3 Å². The third-order valence-electron chi connectivity index (χ3n) is 4.14. The lowest BCUT2D eigenvalue weighted by atomic mass is 10.1. The molecule has 0 spiro atoms. The minimum atomic E-state index is -3.67. The quantitative estimate of drug-likeness (QED) is 0.614. The van der Waals surface area contributed by atoms with Crippen LogP contribution in [0.1, 0.15) is 24.1 Å². The van der Waals surface area contributed by atoms with Crippen molar-refractivity contribution in [2.45, 2.75) is 17.9 Å². The van der Waals surface area contributed by atoms with E-state index in [1.54, 1.807) is 18.2 Å². The van der Waals surface area contributed by atoms with Gasteiger partial charge in [0.2, 0.25) is 0 Å². The van der Waals surface area contributed by atoms with Gasteiger partial charge in [0.05, 0.1) is 10.9 Å². The molecule has 0 saturated carbocycles. The smallest absolute Gasteiger partial charge is 0.328 e. The summed E-state index contributed by atoms with van der Waals surface area (Å²) in [5, 5.41) is 2.73. The van der Waals surface area contributed by atoms with Crippen molar-refractivity contribution in [1.82, 2.24) is 10.0 Å². The van der Waals surface area contributed by atoms with Gasteiger partial charge in [-0.15, -0.1) is 0 Å². The van der Waals surface area contributed by atoms with E-state index in [0.717, 1.165) is 10.0 Å². The van der Waals surface area contributed by atoms with Gasteiger partial charge >= 0.3 is 5.97 Å². The average molecular weight is 480 g/mol. The van der Waals surface area contributed by atoms with Gasteiger partial charge in [0.25, 0.3) is 15.9 Å². The molecule has 1 heterocycles. The summed E-state index contributed by atoms with van der Waals surface area (Å²) in [6, 6.07) is 13.5. The van der Waals surface area contributed by atoms with Gasteiger partial charge in [0, 0.05) is 10.0 Å². The Morgan fingerprint density at radius 2 is 1.86 bits per heavy atom. The first-order chi connectivity index (χ1) is 13.8. The van der Waals surface area contributed by atoms with E-state index in [-0.39, 0.29) is 16.8 Å². The zero-order valence-electron chi connectivity index (χ0n) is 15.4. The van der Waals surface area contributed by atoms with Crippen LogP contribution in [0.25, 0.3) is 0 Å². The Morgan fingerprint density at radius 1 is 1.17 bits per heavy atom. The van der Waals surface area contributed by atoms with Crippen molar-refractivity contribution in [2.75, 3.05) is 13.2 Å². The monoisotopic (exact) mass is 479 g/mol. The Balaban J connectivity index is 1.51. The number of halogens is 1. The first-order valence-electron chi connectivity index (χ1n) is 8.63. The standard InChI is InChI=1S/C19H18BrN3O5S/c1-12(13-6-8-14(20)9-7-13)22-17(24)11-28-18(25)10-21-19-15-4-2-3-5-16(15)29(26,27)23-19/h2-9,12H,10-11H2,1H3,(H,21,23)(H,22,24). The predicted molar refractivity (Wildman–Crippen MR) is 110 cm³/mol. The summed E-state index contributed by atoms with van der Waals surface area (Å²) in [6.45, 7) is 0.952. The third kappa shape index (κ3) is 5.21. The van der Waals surface area contributed by atoms with E-state index in [1.807, 2.05) is 31.2 Å². The molecule has 2 aromatic rings. The van der Waals surface area contributed by atoms with E-state index in [4.69, 9.17) is 4.74 Å². The van der Waals surface area contributed by atoms with Crippen molar-refractivity contribution in [2.24, 2.45) is 4.99 Å². The molecule has 10 heteroatoms. The summed E-state index contributed by atoms with van der Waals surface area (Å²) in [6.07, 6.45) is 0. The highest BCUT2D eigenvalue weighted by Crippen LogP contribution is 2.22. The van der Waals surface area contributed by atoms with Crippen LogP contribution in [0.5, 0.6) is 0 Å². The molecule has 0 fully saturated rings. The van der Waals surface area contributed by atoms with Crippen LogP contribution in [0.15, 0.2) is 62.9 Å². The number of aliphatic imine (C=N–C) groups is 1. The van der Waals surface area contributed by atoms with Crippen LogP contribution in [0, 0.1) is 0 Å². The molecule has 0 saturated heterocycles. The molecule has 1 atom stereocenters. The van der Waals surface area contributed by atoms with Crippen molar-refractivity contribution in [1.29, 1.82) is 0 Å². The summed E-state index contributed by atoms with van der Waals surface area (Å²) in [5.41, 5.74) is 1.30. The van der Waals surface area contributed by atoms with Crippen LogP contribution < -0.4 is 10.0 Å². The number of carbonyl (C=O) groups is 2. The van der Waals surface area contributed by atoms with Crippen LogP contribution in [0.2, 0.25) is 0 Å². The second kappa shape index (κ2) is 8.75. The Hall–Kier alpha value is -2.72. The van der Waals surface area contributed by atoms with Gasteiger partial charge in [-0.2, -0.15) is 0 Å². The fourth-order valence-electron chi connectivity index (χ4n) is 2.70. The molecule has 0 radical (unpaired) electrons. The Morgan fingerprint density at radius 3 is 2.59 bits per heavy atom. The molecule has 8 nitrogen and oxygen atoms in total. The van der Waals surface area contributed by atoms with Crippen LogP contribution in [0.3, 0.4) is 0 Å². The highest BCUT2D eigenvalue weighted by Gasteiger charge is 2.30. The van der Waals surface area contributed by atoms with Gasteiger partial charge in [-0.3, -0.25) is 19.3 Å². The molecule has 2 N–H and O–H groups in total. The molecular formula is C19H18BrN3O5S. The number of amides is 1. The number of nitrogens with zero attached hydrogens (tertiary/aromatic N) is 1. The summed E-state index contributed by atoms with van der Waals surface area (Å²) >= 11 is 3.35. The fraction of sp³-hybridized carbons (Fsp3) is 0.211. The number of nitrogens with one attached hydrogen (secondary N) is 2. The number of benzene rings is 2. The number of ether oxygens (including phenoxy) is 1. The summed E-state index contributed by atoms with van der Waals surface area (Å²) in [5.74, 6) is -1.12. The lowest BCUT2D eigenvalue weighted by molar-refractivity contribution is -0.147. The van der Waals surface area contributed by atoms with E-state index in [1.165, 1.54) is 6.07 Å². The van der Waals surface area contributed by atoms with Gasteiger partial charge < -0.3 is 10.1 Å². The number of fused-ring (bicyclic) bond motifs is 1. The molecule has 2 aromatic carbocycles. The zero-order valence-corrected chi connectivity index (χ0v) is 17.8. The van der Waals surface area contributed by atoms with E-state index in [9.17, 15) is 18.0 Å². The largest absolute Gasteiger partial charge is 0.454 e. The molecule has 1 amide bonds. The number of hydrogen-bond acceptors (Lipinski definition) is 6. The first kappa shape index (κ1) is 21.0. The first-order valence-corrected chi connectivity index (χ1v) is 10.9. The maximum absolute atomic E-state index is 12.0. The normalized spacial score (nSPS) is 16.6. The number of rotatable bonds is 6. The lowest BCUT2D eigenvalue weighted by Crippen LogP contribution is -2.31. The number of carbonyl (C=O) groups excluding carboxylic acids is 2. The summed E-state index contributed by atoms with van der Waals surface area (Å²) in [4.78, 5) is 27.9. The van der Waals surface area contributed by atoms with Crippen molar-refractivity contribution in [3.8, 4) is 0 Å². The molecule has 1 unspecified atom stereocenters. The number of hydrogen-bond donors (Lipinski definition) is 2. The zero-order chi connectivity index (χ0) is 21.0. The van der Waals surface area contributed by atoms with Crippen molar-refractivity contribution >= 4 is 43.7 Å². The van der Waals surface area contributed by atoms with Crippen molar-refractivity contribution in [3.63, 3.8) is 0 Å². The Kier molecular flexibility index (Phi) is 6.33. The second-order valence-corrected chi connectivity index (χ2v) is 8.83. The summed E-state index contributed by atoms with van der Waals surface area (Å²) in [7, 11) is -3.67. The molecule has 1 aliphatic rings. The highest BCUT2D eigenvalue weighted by atomic mass is 79.9. The van der Waals surface area contributed by atoms with Crippen LogP contribution in [-0.4, -0.2) is 39.3 Å². The molecular weight excluding hydrogens is 462 g/mol. The molecule has 29 heavy (non-hydrogen) atoms. The fourth-order valence-corrected chi connectivity index (χ4v) is 4.22. The summed E-state index contributed by atoms with van der Waals surface area (Å²) < 4.78 is 32.1. The molecule has 3 rings (SSSR count). The maximum atomic E-state index is 12.0. The van der Waals surface area contributed by atoms with Gasteiger partial charge in [0.15, 0.2) is 6.61 Å². The number of sulfonamides is 1. The maximum Gasteiger partial charge on any atom is 0.328 e. The predicted octanol–water partition coefficient (Wildman–Crippen LogP) is 1.91. The van der Waals surface area contributed by atoms with Crippen molar-refractivity contribution < 1.29 is 22.7 Å². The Labute approximate surface area is 176 Å². The molecule has 0 aliphatic carbocycles. The van der Waals surface area contributed by atoms with E-state index >= 15 is 0 Å². The lowest BCUT2D eigenvalue weighted by Gasteiger charge is -2.14. The molecule has 1 aliphatic heterocycles. The molecule has 152 valence electrons. The van der Waals surface area contributed by atoms with Crippen LogP contribution >= 0.6 is 15.9 Å².